The number of benzene rings is 1. The van der Waals surface area contributed by atoms with Gasteiger partial charge in [0.15, 0.2) is 0 Å². The minimum Gasteiger partial charge on any atom is -0.507 e. The van der Waals surface area contributed by atoms with Crippen molar-refractivity contribution in [2.45, 2.75) is 84.7 Å². The lowest BCUT2D eigenvalue weighted by atomic mass is 9.67. The molecule has 2 nitrogen and oxygen atoms in total. The summed E-state index contributed by atoms with van der Waals surface area (Å²) in [5.41, 5.74) is 4.74. The van der Waals surface area contributed by atoms with Crippen molar-refractivity contribution in [2.24, 2.45) is 5.92 Å². The van der Waals surface area contributed by atoms with E-state index in [0.29, 0.717) is 11.7 Å². The van der Waals surface area contributed by atoms with Crippen LogP contribution in [-0.4, -0.2) is 10.7 Å². The molecule has 0 radical (unpaired) electrons. The molecule has 24 heavy (non-hydrogen) atoms. The smallest absolute Gasteiger partial charge is 0.130 e. The number of fused-ring (bicyclic) bond motifs is 3. The largest absolute Gasteiger partial charge is 0.507 e. The summed E-state index contributed by atoms with van der Waals surface area (Å²) in [6.07, 6.45) is 9.28. The van der Waals surface area contributed by atoms with Gasteiger partial charge >= 0.3 is 0 Å². The second-order valence-electron chi connectivity index (χ2n) is 8.27. The molecule has 1 aliphatic heterocycles. The Bertz CT molecular complexity index is 654. The average Bonchev–Trinajstić information content (AvgIpc) is 2.51. The van der Waals surface area contributed by atoms with E-state index >= 15 is 0 Å². The normalized spacial score (nSPS) is 24.6. The van der Waals surface area contributed by atoms with E-state index in [1.54, 1.807) is 0 Å². The van der Waals surface area contributed by atoms with Crippen molar-refractivity contribution in [3.05, 3.63) is 34.4 Å². The van der Waals surface area contributed by atoms with Crippen LogP contribution in [0.25, 0.3) is 0 Å². The summed E-state index contributed by atoms with van der Waals surface area (Å²) in [4.78, 5) is 0. The molecule has 0 unspecified atom stereocenters. The highest BCUT2D eigenvalue weighted by Crippen LogP contribution is 2.54. The summed E-state index contributed by atoms with van der Waals surface area (Å²) in [5.74, 6) is 2.09. The number of aryl methyl sites for hydroxylation is 1. The highest BCUT2D eigenvalue weighted by atomic mass is 16.5. The van der Waals surface area contributed by atoms with Gasteiger partial charge in [-0.05, 0) is 70.6 Å². The number of allylic oxidation sites excluding steroid dienone is 2. The summed E-state index contributed by atoms with van der Waals surface area (Å²) in [6, 6.07) is 2.00. The van der Waals surface area contributed by atoms with Crippen LogP contribution in [-0.2, 0) is 6.42 Å². The van der Waals surface area contributed by atoms with Crippen molar-refractivity contribution in [3.63, 3.8) is 0 Å². The number of unbranched alkanes of at least 4 members (excludes halogenated alkanes) is 2. The third-order valence-electron chi connectivity index (χ3n) is 6.04. The molecule has 132 valence electrons. The summed E-state index contributed by atoms with van der Waals surface area (Å²) in [7, 11) is 0. The Balaban J connectivity index is 2.07. The third kappa shape index (κ3) is 2.96. The fraction of sp³-hybridized carbons (Fsp3) is 0.636. The Kier molecular flexibility index (Phi) is 4.68. The summed E-state index contributed by atoms with van der Waals surface area (Å²) >= 11 is 0. The minimum absolute atomic E-state index is 0.186. The minimum atomic E-state index is -0.186. The van der Waals surface area contributed by atoms with E-state index in [2.05, 4.69) is 40.7 Å². The van der Waals surface area contributed by atoms with Crippen LogP contribution in [0.3, 0.4) is 0 Å². The molecule has 2 aliphatic rings. The third-order valence-corrected chi connectivity index (χ3v) is 6.04. The molecule has 0 aromatic heterocycles. The maximum Gasteiger partial charge on any atom is 0.130 e. The van der Waals surface area contributed by atoms with Crippen molar-refractivity contribution in [3.8, 4) is 11.5 Å². The molecule has 1 N–H and O–H groups in total. The highest BCUT2D eigenvalue weighted by molar-refractivity contribution is 5.58. The zero-order valence-corrected chi connectivity index (χ0v) is 15.9. The van der Waals surface area contributed by atoms with Crippen molar-refractivity contribution < 1.29 is 9.84 Å². The molecule has 0 bridgehead atoms. The van der Waals surface area contributed by atoms with Gasteiger partial charge in [0.25, 0.3) is 0 Å². The van der Waals surface area contributed by atoms with Gasteiger partial charge < -0.3 is 9.84 Å². The van der Waals surface area contributed by atoms with E-state index in [-0.39, 0.29) is 11.5 Å². The Labute approximate surface area is 146 Å². The molecule has 3 rings (SSSR count). The first kappa shape index (κ1) is 17.4. The van der Waals surface area contributed by atoms with Gasteiger partial charge in [0.1, 0.15) is 17.1 Å². The second-order valence-corrected chi connectivity index (χ2v) is 8.27. The number of hydrogen-bond acceptors (Lipinski definition) is 2. The molecule has 0 saturated heterocycles. The lowest BCUT2D eigenvalue weighted by Gasteiger charge is -2.47. The van der Waals surface area contributed by atoms with Gasteiger partial charge in [-0.2, -0.15) is 0 Å². The van der Waals surface area contributed by atoms with E-state index in [0.717, 1.165) is 30.6 Å². The quantitative estimate of drug-likeness (QED) is 0.539. The van der Waals surface area contributed by atoms with Crippen LogP contribution < -0.4 is 4.74 Å². The molecule has 1 aromatic carbocycles. The topological polar surface area (TPSA) is 29.5 Å². The molecule has 2 heteroatoms. The van der Waals surface area contributed by atoms with Crippen molar-refractivity contribution in [2.75, 3.05) is 0 Å². The first-order valence-corrected chi connectivity index (χ1v) is 9.56. The van der Waals surface area contributed by atoms with Gasteiger partial charge in [-0.25, -0.2) is 0 Å². The molecule has 2 atom stereocenters. The predicted octanol–water partition coefficient (Wildman–Crippen LogP) is 6.04. The van der Waals surface area contributed by atoms with Crippen LogP contribution in [0.5, 0.6) is 11.5 Å². The van der Waals surface area contributed by atoms with Crippen LogP contribution in [0.4, 0.5) is 0 Å². The van der Waals surface area contributed by atoms with Gasteiger partial charge in [-0.3, -0.25) is 0 Å². The zero-order chi connectivity index (χ0) is 17.5. The second kappa shape index (κ2) is 6.46. The van der Waals surface area contributed by atoms with Crippen LogP contribution in [0.1, 0.15) is 82.4 Å². The number of aromatic hydroxyl groups is 1. The molecule has 0 fully saturated rings. The van der Waals surface area contributed by atoms with Gasteiger partial charge in [-0.1, -0.05) is 31.4 Å². The maximum absolute atomic E-state index is 10.8. The van der Waals surface area contributed by atoms with Crippen molar-refractivity contribution in [1.82, 2.24) is 0 Å². The Morgan fingerprint density at radius 2 is 2.00 bits per heavy atom. The zero-order valence-electron chi connectivity index (χ0n) is 15.9. The Morgan fingerprint density at radius 1 is 1.25 bits per heavy atom. The van der Waals surface area contributed by atoms with E-state index in [1.165, 1.54) is 36.0 Å². The fourth-order valence-electron chi connectivity index (χ4n) is 4.57. The molecule has 0 saturated carbocycles. The SMILES string of the molecule is CCCCCc1cc(O)c2c(c1C)OC(C)(C)[C@@H]1CCC(C)=C[C@@H]21. The lowest BCUT2D eigenvalue weighted by Crippen LogP contribution is -2.45. The summed E-state index contributed by atoms with van der Waals surface area (Å²) < 4.78 is 6.49. The van der Waals surface area contributed by atoms with Crippen LogP contribution in [0.15, 0.2) is 17.7 Å². The van der Waals surface area contributed by atoms with Crippen LogP contribution in [0.2, 0.25) is 0 Å². The number of ether oxygens (including phenoxy) is 1. The van der Waals surface area contributed by atoms with E-state index in [1.807, 2.05) is 6.07 Å². The monoisotopic (exact) mass is 328 g/mol. The summed E-state index contributed by atoms with van der Waals surface area (Å²) in [6.45, 7) is 11.0. The van der Waals surface area contributed by atoms with Gasteiger partial charge in [-0.15, -0.1) is 0 Å². The van der Waals surface area contributed by atoms with Crippen LogP contribution >= 0.6 is 0 Å². The van der Waals surface area contributed by atoms with E-state index in [9.17, 15) is 5.11 Å². The number of hydrogen-bond donors (Lipinski definition) is 1. The average molecular weight is 328 g/mol. The van der Waals surface area contributed by atoms with Gasteiger partial charge in [0.05, 0.1) is 0 Å². The first-order chi connectivity index (χ1) is 11.3. The maximum atomic E-state index is 10.8. The van der Waals surface area contributed by atoms with Gasteiger partial charge in [0.2, 0.25) is 0 Å². The van der Waals surface area contributed by atoms with E-state index < -0.39 is 0 Å². The number of phenolic OH excluding ortho intramolecular Hbond substituents is 1. The Morgan fingerprint density at radius 3 is 2.71 bits per heavy atom. The molecule has 1 aliphatic carbocycles. The molecule has 1 aromatic rings. The highest BCUT2D eigenvalue weighted by Gasteiger charge is 2.45. The molecule has 1 heterocycles. The van der Waals surface area contributed by atoms with Crippen molar-refractivity contribution >= 4 is 0 Å². The molecular weight excluding hydrogens is 296 g/mol. The number of rotatable bonds is 4. The van der Waals surface area contributed by atoms with E-state index in [4.69, 9.17) is 4.74 Å². The van der Waals surface area contributed by atoms with Crippen LogP contribution in [0, 0.1) is 12.8 Å². The molecule has 0 amide bonds. The predicted molar refractivity (Wildman–Crippen MR) is 100 cm³/mol. The number of phenols is 1. The lowest BCUT2D eigenvalue weighted by molar-refractivity contribution is 0.00998. The van der Waals surface area contributed by atoms with Crippen molar-refractivity contribution in [1.29, 1.82) is 0 Å². The summed E-state index contributed by atoms with van der Waals surface area (Å²) in [5, 5.41) is 10.8. The molecule has 0 spiro atoms. The van der Waals surface area contributed by atoms with Gasteiger partial charge in [0, 0.05) is 17.4 Å². The standard InChI is InChI=1S/C22H32O2/c1-6-7-8-9-16-13-19(23)20-17-12-14(2)10-11-18(17)22(4,5)24-21(20)15(16)3/h12-13,17-18,23H,6-11H2,1-5H3/t17-,18-/m1/s1. The fourth-order valence-corrected chi connectivity index (χ4v) is 4.57. The Hall–Kier alpha value is -1.44. The first-order valence-electron chi connectivity index (χ1n) is 9.56. The molecular formula is C22H32O2.